The van der Waals surface area contributed by atoms with E-state index in [9.17, 15) is 9.90 Å². The number of methoxy groups -OCH3 is 1. The molecule has 0 aliphatic carbocycles. The van der Waals surface area contributed by atoms with Gasteiger partial charge in [0.1, 0.15) is 11.8 Å². The van der Waals surface area contributed by atoms with Gasteiger partial charge in [-0.15, -0.1) is 0 Å². The summed E-state index contributed by atoms with van der Waals surface area (Å²) in [5.74, 6) is 0.239. The van der Waals surface area contributed by atoms with Gasteiger partial charge in [-0.1, -0.05) is 32.4 Å². The number of ether oxygens (including phenoxy) is 1. The Labute approximate surface area is 121 Å². The van der Waals surface area contributed by atoms with Crippen LogP contribution in [0.4, 0.5) is 0 Å². The van der Waals surface area contributed by atoms with E-state index < -0.39 is 12.0 Å². The number of aryl methyl sites for hydroxylation is 1. The molecule has 0 aliphatic heterocycles. The quantitative estimate of drug-likeness (QED) is 0.682. The third-order valence-corrected chi connectivity index (χ3v) is 3.62. The van der Waals surface area contributed by atoms with Crippen molar-refractivity contribution in [3.05, 3.63) is 29.8 Å². The van der Waals surface area contributed by atoms with Crippen molar-refractivity contribution in [2.75, 3.05) is 13.7 Å². The van der Waals surface area contributed by atoms with E-state index in [1.165, 1.54) is 5.56 Å². The molecule has 1 aromatic carbocycles. The average molecular weight is 279 g/mol. The summed E-state index contributed by atoms with van der Waals surface area (Å²) in [4.78, 5) is 11.2. The smallest absolute Gasteiger partial charge is 0.320 e. The van der Waals surface area contributed by atoms with Crippen molar-refractivity contribution in [3.63, 3.8) is 0 Å². The summed E-state index contributed by atoms with van der Waals surface area (Å²) in [6.45, 7) is 4.69. The zero-order chi connectivity index (χ0) is 15.0. The van der Waals surface area contributed by atoms with Gasteiger partial charge in [-0.3, -0.25) is 4.79 Å². The fourth-order valence-electron chi connectivity index (χ4n) is 2.15. The Hall–Kier alpha value is -1.55. The number of hydrogen-bond donors (Lipinski definition) is 2. The van der Waals surface area contributed by atoms with Crippen LogP contribution in [0.5, 0.6) is 5.75 Å². The summed E-state index contributed by atoms with van der Waals surface area (Å²) < 4.78 is 5.18. The summed E-state index contributed by atoms with van der Waals surface area (Å²) in [5, 5.41) is 12.3. The van der Waals surface area contributed by atoms with Crippen LogP contribution in [0.3, 0.4) is 0 Å². The van der Waals surface area contributed by atoms with Crippen molar-refractivity contribution in [2.45, 2.75) is 39.2 Å². The van der Waals surface area contributed by atoms with E-state index in [2.05, 4.69) is 11.4 Å². The normalized spacial score (nSPS) is 13.8. The highest BCUT2D eigenvalue weighted by molar-refractivity contribution is 5.73. The van der Waals surface area contributed by atoms with Gasteiger partial charge >= 0.3 is 5.97 Å². The predicted octanol–water partition coefficient (Wildman–Crippen LogP) is 2.72. The molecule has 0 amide bonds. The first-order valence-electron chi connectivity index (χ1n) is 7.17. The first kappa shape index (κ1) is 16.5. The van der Waals surface area contributed by atoms with E-state index >= 15 is 0 Å². The van der Waals surface area contributed by atoms with Gasteiger partial charge in [0.2, 0.25) is 0 Å². The molecule has 0 fully saturated rings. The summed E-state index contributed by atoms with van der Waals surface area (Å²) in [6.07, 6.45) is 2.68. The van der Waals surface area contributed by atoms with Crippen LogP contribution in [-0.2, 0) is 11.2 Å². The van der Waals surface area contributed by atoms with E-state index in [1.807, 2.05) is 32.0 Å². The number of aliphatic carboxylic acids is 1. The number of benzene rings is 1. The Morgan fingerprint density at radius 1 is 1.45 bits per heavy atom. The van der Waals surface area contributed by atoms with Crippen molar-refractivity contribution >= 4 is 5.97 Å². The molecule has 0 unspecified atom stereocenters. The second-order valence-electron chi connectivity index (χ2n) is 5.11. The van der Waals surface area contributed by atoms with Crippen LogP contribution in [0.2, 0.25) is 0 Å². The molecule has 0 bridgehead atoms. The predicted molar refractivity (Wildman–Crippen MR) is 80.2 cm³/mol. The Balaban J connectivity index is 2.38. The van der Waals surface area contributed by atoms with Crippen LogP contribution in [-0.4, -0.2) is 30.8 Å². The summed E-state index contributed by atoms with van der Waals surface area (Å²) in [6, 6.07) is 7.52. The van der Waals surface area contributed by atoms with Crippen molar-refractivity contribution in [3.8, 4) is 5.75 Å². The topological polar surface area (TPSA) is 58.6 Å². The van der Waals surface area contributed by atoms with Crippen molar-refractivity contribution in [2.24, 2.45) is 5.92 Å². The van der Waals surface area contributed by atoms with Gasteiger partial charge in [-0.25, -0.2) is 0 Å². The third-order valence-electron chi connectivity index (χ3n) is 3.62. The summed E-state index contributed by atoms with van der Waals surface area (Å²) >= 11 is 0. The summed E-state index contributed by atoms with van der Waals surface area (Å²) in [5.41, 5.74) is 1.21. The highest BCUT2D eigenvalue weighted by Gasteiger charge is 2.22. The van der Waals surface area contributed by atoms with Crippen LogP contribution in [0.15, 0.2) is 24.3 Å². The lowest BCUT2D eigenvalue weighted by molar-refractivity contribution is -0.140. The zero-order valence-electron chi connectivity index (χ0n) is 12.6. The van der Waals surface area contributed by atoms with Crippen LogP contribution in [0, 0.1) is 5.92 Å². The van der Waals surface area contributed by atoms with Crippen LogP contribution >= 0.6 is 0 Å². The van der Waals surface area contributed by atoms with Crippen LogP contribution in [0.1, 0.15) is 32.3 Å². The van der Waals surface area contributed by atoms with Crippen LogP contribution in [0.25, 0.3) is 0 Å². The number of carboxylic acid groups (broad SMARTS) is 1. The van der Waals surface area contributed by atoms with E-state index in [4.69, 9.17) is 4.74 Å². The molecule has 2 atom stereocenters. The molecule has 2 N–H and O–H groups in total. The van der Waals surface area contributed by atoms with Gasteiger partial charge in [0.15, 0.2) is 0 Å². The summed E-state index contributed by atoms with van der Waals surface area (Å²) in [7, 11) is 1.66. The van der Waals surface area contributed by atoms with Gasteiger partial charge in [0.05, 0.1) is 7.11 Å². The Morgan fingerprint density at radius 2 is 2.20 bits per heavy atom. The lowest BCUT2D eigenvalue weighted by Crippen LogP contribution is -2.42. The van der Waals surface area contributed by atoms with E-state index in [1.54, 1.807) is 7.11 Å². The van der Waals surface area contributed by atoms with Crippen molar-refractivity contribution < 1.29 is 14.6 Å². The zero-order valence-corrected chi connectivity index (χ0v) is 12.6. The molecule has 0 aliphatic rings. The minimum atomic E-state index is -0.763. The molecule has 4 nitrogen and oxygen atoms in total. The van der Waals surface area contributed by atoms with E-state index in [0.29, 0.717) is 6.54 Å². The SMILES string of the molecule is CC[C@H](C)[C@H](NCCCc1cccc(OC)c1)C(=O)O. The molecular weight excluding hydrogens is 254 g/mol. The lowest BCUT2D eigenvalue weighted by Gasteiger charge is -2.20. The minimum absolute atomic E-state index is 0.143. The Morgan fingerprint density at radius 3 is 2.80 bits per heavy atom. The molecule has 0 saturated heterocycles. The second kappa shape index (κ2) is 8.59. The molecular formula is C16H25NO3. The standard InChI is InChI=1S/C16H25NO3/c1-4-12(2)15(16(18)19)17-10-6-8-13-7-5-9-14(11-13)20-3/h5,7,9,11-12,15,17H,4,6,8,10H2,1-3H3,(H,18,19)/t12-,15-/m0/s1. The maximum absolute atomic E-state index is 11.2. The number of nitrogens with one attached hydrogen (secondary N) is 1. The maximum Gasteiger partial charge on any atom is 0.320 e. The molecule has 0 heterocycles. The first-order chi connectivity index (χ1) is 9.58. The molecule has 0 radical (unpaired) electrons. The minimum Gasteiger partial charge on any atom is -0.497 e. The molecule has 20 heavy (non-hydrogen) atoms. The van der Waals surface area contributed by atoms with Gasteiger partial charge < -0.3 is 15.2 Å². The largest absolute Gasteiger partial charge is 0.497 e. The van der Waals surface area contributed by atoms with Crippen LogP contribution < -0.4 is 10.1 Å². The van der Waals surface area contributed by atoms with Crippen molar-refractivity contribution in [1.29, 1.82) is 0 Å². The second-order valence-corrected chi connectivity index (χ2v) is 5.11. The van der Waals surface area contributed by atoms with Gasteiger partial charge in [0, 0.05) is 0 Å². The van der Waals surface area contributed by atoms with E-state index in [0.717, 1.165) is 25.0 Å². The number of carbonyl (C=O) groups is 1. The van der Waals surface area contributed by atoms with E-state index in [-0.39, 0.29) is 5.92 Å². The van der Waals surface area contributed by atoms with Crippen molar-refractivity contribution in [1.82, 2.24) is 5.32 Å². The number of carboxylic acids is 1. The maximum atomic E-state index is 11.2. The number of rotatable bonds is 9. The lowest BCUT2D eigenvalue weighted by atomic mass is 9.99. The molecule has 112 valence electrons. The Kier molecular flexibility index (Phi) is 7.09. The number of hydrogen-bond acceptors (Lipinski definition) is 3. The molecule has 1 aromatic rings. The molecule has 0 aromatic heterocycles. The molecule has 4 heteroatoms. The molecule has 1 rings (SSSR count). The highest BCUT2D eigenvalue weighted by atomic mass is 16.5. The third kappa shape index (κ3) is 5.21. The molecule has 0 saturated carbocycles. The fourth-order valence-corrected chi connectivity index (χ4v) is 2.15. The monoisotopic (exact) mass is 279 g/mol. The average Bonchev–Trinajstić information content (AvgIpc) is 2.46. The fraction of sp³-hybridized carbons (Fsp3) is 0.562. The van der Waals surface area contributed by atoms with Gasteiger partial charge in [0.25, 0.3) is 0 Å². The Bertz CT molecular complexity index is 420. The molecule has 0 spiro atoms. The van der Waals surface area contributed by atoms with Gasteiger partial charge in [-0.2, -0.15) is 0 Å². The van der Waals surface area contributed by atoms with Gasteiger partial charge in [-0.05, 0) is 43.0 Å². The highest BCUT2D eigenvalue weighted by Crippen LogP contribution is 2.14. The first-order valence-corrected chi connectivity index (χ1v) is 7.17.